The van der Waals surface area contributed by atoms with E-state index in [1.807, 2.05) is 20.8 Å². The van der Waals surface area contributed by atoms with Crippen molar-refractivity contribution in [1.29, 1.82) is 0 Å². The fraction of sp³-hybridized carbons (Fsp3) is 0.706. The van der Waals surface area contributed by atoms with E-state index >= 15 is 0 Å². The van der Waals surface area contributed by atoms with Crippen molar-refractivity contribution in [3.05, 3.63) is 17.0 Å². The van der Waals surface area contributed by atoms with Crippen LogP contribution in [0.3, 0.4) is 0 Å². The molecule has 7 heteroatoms. The third kappa shape index (κ3) is 2.28. The summed E-state index contributed by atoms with van der Waals surface area (Å²) < 4.78 is 33.1. The normalized spacial score (nSPS) is 24.0. The summed E-state index contributed by atoms with van der Waals surface area (Å²) in [4.78, 5) is 18.9. The Hall–Kier alpha value is -1.79. The van der Waals surface area contributed by atoms with Gasteiger partial charge in [-0.15, -0.1) is 0 Å². The predicted octanol–water partition coefficient (Wildman–Crippen LogP) is 3.08. The first kappa shape index (κ1) is 15.7. The average Bonchev–Trinajstić information content (AvgIpc) is 3.01. The van der Waals surface area contributed by atoms with Gasteiger partial charge in [0.25, 0.3) is 11.8 Å². The van der Waals surface area contributed by atoms with Crippen LogP contribution in [0, 0.1) is 5.41 Å². The van der Waals surface area contributed by atoms with E-state index in [1.165, 1.54) is 4.90 Å². The topological polar surface area (TPSA) is 58.7 Å². The molecule has 0 N–H and O–H groups in total. The number of aliphatic imine (C=N–C) groups is 1. The van der Waals surface area contributed by atoms with Crippen LogP contribution < -0.4 is 0 Å². The SMILES string of the molecule is CC(C)(C)C1=NCCc2onc(C(=O)N3CC(F)(F)CC34CC4)c21. The van der Waals surface area contributed by atoms with Gasteiger partial charge in [0, 0.05) is 30.3 Å². The van der Waals surface area contributed by atoms with Crippen molar-refractivity contribution in [2.75, 3.05) is 13.1 Å². The van der Waals surface area contributed by atoms with Crippen molar-refractivity contribution in [3.8, 4) is 0 Å². The molecule has 0 atom stereocenters. The van der Waals surface area contributed by atoms with Crippen molar-refractivity contribution >= 4 is 11.6 Å². The zero-order valence-corrected chi connectivity index (χ0v) is 14.2. The van der Waals surface area contributed by atoms with Crippen LogP contribution in [-0.2, 0) is 6.42 Å². The Morgan fingerprint density at radius 3 is 2.62 bits per heavy atom. The number of likely N-dealkylation sites (tertiary alicyclic amines) is 1. The smallest absolute Gasteiger partial charge is 0.277 e. The molecule has 1 spiro atoms. The highest BCUT2D eigenvalue weighted by Crippen LogP contribution is 2.54. The molecule has 1 aliphatic carbocycles. The molecule has 1 saturated carbocycles. The average molecular weight is 337 g/mol. The highest BCUT2D eigenvalue weighted by atomic mass is 19.3. The molecule has 1 aromatic heterocycles. The van der Waals surface area contributed by atoms with Crippen LogP contribution in [-0.4, -0.2) is 46.2 Å². The van der Waals surface area contributed by atoms with Gasteiger partial charge in [0.1, 0.15) is 5.76 Å². The van der Waals surface area contributed by atoms with Crippen LogP contribution in [0.2, 0.25) is 0 Å². The molecule has 2 aliphatic heterocycles. The number of hydrogen-bond donors (Lipinski definition) is 0. The van der Waals surface area contributed by atoms with E-state index in [2.05, 4.69) is 10.1 Å². The molecule has 4 rings (SSSR count). The first-order chi connectivity index (χ1) is 11.1. The van der Waals surface area contributed by atoms with E-state index < -0.39 is 23.9 Å². The first-order valence-electron chi connectivity index (χ1n) is 8.37. The van der Waals surface area contributed by atoms with Crippen LogP contribution in [0.4, 0.5) is 8.78 Å². The standard InChI is InChI=1S/C17H21F2N3O2/c1-15(2,3)13-11-10(4-7-20-13)24-21-12(11)14(23)22-9-17(18,19)8-16(22)5-6-16/h4-9H2,1-3H3. The number of amides is 1. The van der Waals surface area contributed by atoms with Crippen LogP contribution in [0.15, 0.2) is 9.52 Å². The summed E-state index contributed by atoms with van der Waals surface area (Å²) in [6.45, 7) is 6.08. The third-order valence-electron chi connectivity index (χ3n) is 5.14. The Morgan fingerprint density at radius 1 is 1.29 bits per heavy atom. The van der Waals surface area contributed by atoms with Crippen LogP contribution in [0.5, 0.6) is 0 Å². The number of aromatic nitrogens is 1. The minimum absolute atomic E-state index is 0.141. The quantitative estimate of drug-likeness (QED) is 0.791. The Bertz CT molecular complexity index is 742. The predicted molar refractivity (Wildman–Crippen MR) is 83.6 cm³/mol. The molecule has 5 nitrogen and oxygen atoms in total. The van der Waals surface area contributed by atoms with Gasteiger partial charge >= 0.3 is 0 Å². The Kier molecular flexibility index (Phi) is 3.04. The zero-order valence-electron chi connectivity index (χ0n) is 14.2. The van der Waals surface area contributed by atoms with Gasteiger partial charge in [-0.2, -0.15) is 0 Å². The molecule has 24 heavy (non-hydrogen) atoms. The van der Waals surface area contributed by atoms with Gasteiger partial charge < -0.3 is 9.42 Å². The maximum atomic E-state index is 13.9. The van der Waals surface area contributed by atoms with Crippen LogP contribution in [0.1, 0.15) is 61.8 Å². The van der Waals surface area contributed by atoms with E-state index in [-0.39, 0.29) is 17.5 Å². The summed E-state index contributed by atoms with van der Waals surface area (Å²) in [5.74, 6) is -2.64. The van der Waals surface area contributed by atoms with Gasteiger partial charge in [0.15, 0.2) is 5.69 Å². The fourth-order valence-electron chi connectivity index (χ4n) is 3.88. The fourth-order valence-corrected chi connectivity index (χ4v) is 3.88. The Balaban J connectivity index is 1.74. The van der Waals surface area contributed by atoms with E-state index in [1.54, 1.807) is 0 Å². The van der Waals surface area contributed by atoms with Crippen LogP contribution in [0.25, 0.3) is 0 Å². The van der Waals surface area contributed by atoms with Gasteiger partial charge in [-0.3, -0.25) is 9.79 Å². The van der Waals surface area contributed by atoms with Gasteiger partial charge in [-0.05, 0) is 12.8 Å². The minimum atomic E-state index is -2.82. The van der Waals surface area contributed by atoms with Crippen molar-refractivity contribution < 1.29 is 18.1 Å². The van der Waals surface area contributed by atoms with Crippen molar-refractivity contribution in [3.63, 3.8) is 0 Å². The summed E-state index contributed by atoms with van der Waals surface area (Å²) in [5.41, 5.74) is 0.568. The molecule has 3 aliphatic rings. The number of alkyl halides is 2. The highest BCUT2D eigenvalue weighted by Gasteiger charge is 2.63. The van der Waals surface area contributed by atoms with E-state index in [4.69, 9.17) is 4.52 Å². The van der Waals surface area contributed by atoms with E-state index in [9.17, 15) is 13.6 Å². The number of carbonyl (C=O) groups excluding carboxylic acids is 1. The molecular weight excluding hydrogens is 316 g/mol. The number of carbonyl (C=O) groups is 1. The molecule has 1 saturated heterocycles. The van der Waals surface area contributed by atoms with Gasteiger partial charge in [-0.25, -0.2) is 8.78 Å². The lowest BCUT2D eigenvalue weighted by molar-refractivity contribution is 0.0116. The van der Waals surface area contributed by atoms with Crippen molar-refractivity contribution in [1.82, 2.24) is 10.1 Å². The Morgan fingerprint density at radius 2 is 2.00 bits per heavy atom. The third-order valence-corrected chi connectivity index (χ3v) is 5.14. The van der Waals surface area contributed by atoms with E-state index in [0.29, 0.717) is 37.1 Å². The molecule has 1 amide bonds. The van der Waals surface area contributed by atoms with E-state index in [0.717, 1.165) is 5.71 Å². The molecule has 0 radical (unpaired) electrons. The number of fused-ring (bicyclic) bond motifs is 1. The monoisotopic (exact) mass is 337 g/mol. The highest BCUT2D eigenvalue weighted by molar-refractivity contribution is 6.12. The maximum absolute atomic E-state index is 13.9. The molecule has 3 heterocycles. The lowest BCUT2D eigenvalue weighted by atomic mass is 9.83. The second-order valence-electron chi connectivity index (χ2n) is 8.21. The zero-order chi connectivity index (χ0) is 17.3. The molecular formula is C17H21F2N3O2. The van der Waals surface area contributed by atoms with Gasteiger partial charge in [0.05, 0.1) is 17.8 Å². The molecule has 0 unspecified atom stereocenters. The van der Waals surface area contributed by atoms with Crippen molar-refractivity contribution in [2.24, 2.45) is 10.4 Å². The van der Waals surface area contributed by atoms with Gasteiger partial charge in [-0.1, -0.05) is 25.9 Å². The molecule has 2 fully saturated rings. The maximum Gasteiger partial charge on any atom is 0.277 e. The van der Waals surface area contributed by atoms with Crippen LogP contribution >= 0.6 is 0 Å². The summed E-state index contributed by atoms with van der Waals surface area (Å²) >= 11 is 0. The number of nitrogens with zero attached hydrogens (tertiary/aromatic N) is 3. The summed E-state index contributed by atoms with van der Waals surface area (Å²) in [6, 6.07) is 0. The first-order valence-corrected chi connectivity index (χ1v) is 8.37. The lowest BCUT2D eigenvalue weighted by Crippen LogP contribution is -2.39. The number of halogens is 2. The molecule has 130 valence electrons. The molecule has 1 aromatic rings. The number of rotatable bonds is 1. The second kappa shape index (κ2) is 4.64. The summed E-state index contributed by atoms with van der Waals surface area (Å²) in [5, 5.41) is 3.96. The lowest BCUT2D eigenvalue weighted by Gasteiger charge is -2.26. The summed E-state index contributed by atoms with van der Waals surface area (Å²) in [7, 11) is 0. The number of hydrogen-bond acceptors (Lipinski definition) is 4. The van der Waals surface area contributed by atoms with Gasteiger partial charge in [0.2, 0.25) is 0 Å². The van der Waals surface area contributed by atoms with Crippen molar-refractivity contribution in [2.45, 2.75) is 57.9 Å². The minimum Gasteiger partial charge on any atom is -0.360 e. The summed E-state index contributed by atoms with van der Waals surface area (Å²) in [6.07, 6.45) is 1.60. The largest absolute Gasteiger partial charge is 0.360 e. The molecule has 0 aromatic carbocycles. The second-order valence-corrected chi connectivity index (χ2v) is 8.21. The Labute approximate surface area is 139 Å². The molecule has 0 bridgehead atoms.